The number of nitrogens with zero attached hydrogens (tertiary/aromatic N) is 5. The van der Waals surface area contributed by atoms with Crippen molar-refractivity contribution >= 4 is 26.8 Å². The van der Waals surface area contributed by atoms with Crippen LogP contribution in [0, 0.1) is 17.1 Å². The lowest BCUT2D eigenvalue weighted by Gasteiger charge is -2.24. The summed E-state index contributed by atoms with van der Waals surface area (Å²) in [6.45, 7) is 0.663. The van der Waals surface area contributed by atoms with Gasteiger partial charge in [-0.1, -0.05) is 13.0 Å². The molecule has 1 amide bonds. The summed E-state index contributed by atoms with van der Waals surface area (Å²) in [5.41, 5.74) is -1.55. The Labute approximate surface area is 237 Å². The molecular weight excluding hydrogens is 578 g/mol. The fourth-order valence-corrected chi connectivity index (χ4v) is 4.95. The van der Waals surface area contributed by atoms with Crippen LogP contribution in [0.3, 0.4) is 0 Å². The minimum absolute atomic E-state index is 0.00626. The van der Waals surface area contributed by atoms with Crippen LogP contribution in [-0.2, 0) is 33.8 Å². The zero-order valence-corrected chi connectivity index (χ0v) is 22.9. The quantitative estimate of drug-likeness (QED) is 0.267. The van der Waals surface area contributed by atoms with E-state index in [1.54, 1.807) is 0 Å². The van der Waals surface area contributed by atoms with Crippen molar-refractivity contribution in [1.29, 1.82) is 5.26 Å². The van der Waals surface area contributed by atoms with E-state index in [9.17, 15) is 35.6 Å². The van der Waals surface area contributed by atoms with Gasteiger partial charge in [0.25, 0.3) is 5.56 Å². The summed E-state index contributed by atoms with van der Waals surface area (Å²) in [6, 6.07) is 13.1. The van der Waals surface area contributed by atoms with Gasteiger partial charge < -0.3 is 4.90 Å². The summed E-state index contributed by atoms with van der Waals surface area (Å²) in [7, 11) is -3.58. The van der Waals surface area contributed by atoms with Gasteiger partial charge >= 0.3 is 6.18 Å². The van der Waals surface area contributed by atoms with Gasteiger partial charge in [0, 0.05) is 18.5 Å². The Balaban J connectivity index is 1.79. The second-order valence-corrected chi connectivity index (χ2v) is 11.7. The Hall–Kier alpha value is -4.64. The lowest BCUT2D eigenvalue weighted by Crippen LogP contribution is -2.38. The lowest BCUT2D eigenvalue weighted by atomic mass is 10.1. The molecule has 9 nitrogen and oxygen atoms in total. The fraction of sp³-hybridized carbons (Fsp3) is 0.250. The van der Waals surface area contributed by atoms with E-state index in [4.69, 9.17) is 5.26 Å². The number of rotatable bonds is 9. The zero-order valence-electron chi connectivity index (χ0n) is 22.1. The average Bonchev–Trinajstić information content (AvgIpc) is 2.96. The molecule has 0 radical (unpaired) electrons. The number of alkyl halides is 3. The van der Waals surface area contributed by atoms with Crippen LogP contribution in [0.4, 0.5) is 17.6 Å². The minimum atomic E-state index is -4.99. The fourth-order valence-electron chi connectivity index (χ4n) is 4.16. The summed E-state index contributed by atoms with van der Waals surface area (Å²) in [5.74, 6) is -2.95. The maximum Gasteiger partial charge on any atom is 0.419 e. The number of hydrogen-bond acceptors (Lipinski definition) is 7. The molecule has 0 aliphatic heterocycles. The molecule has 0 fully saturated rings. The maximum absolute atomic E-state index is 13.8. The van der Waals surface area contributed by atoms with Crippen LogP contribution in [0.2, 0.25) is 0 Å². The highest BCUT2D eigenvalue weighted by Crippen LogP contribution is 2.32. The summed E-state index contributed by atoms with van der Waals surface area (Å²) < 4.78 is 79.4. The zero-order chi connectivity index (χ0) is 30.7. The first-order valence-electron chi connectivity index (χ1n) is 12.5. The molecule has 0 unspecified atom stereocenters. The first kappa shape index (κ1) is 30.3. The lowest BCUT2D eigenvalue weighted by molar-refractivity contribution is -0.140. The van der Waals surface area contributed by atoms with Gasteiger partial charge in [-0.2, -0.15) is 18.4 Å². The van der Waals surface area contributed by atoms with Gasteiger partial charge in [-0.3, -0.25) is 14.2 Å². The molecule has 0 saturated carbocycles. The maximum atomic E-state index is 13.8. The number of hydrogen-bond donors (Lipinski definition) is 0. The number of amides is 1. The molecule has 4 aromatic rings. The van der Waals surface area contributed by atoms with Gasteiger partial charge in [0.15, 0.2) is 15.5 Å². The van der Waals surface area contributed by atoms with Crippen LogP contribution in [0.1, 0.15) is 29.4 Å². The third-order valence-corrected chi connectivity index (χ3v) is 8.14. The van der Waals surface area contributed by atoms with E-state index in [0.717, 1.165) is 11.0 Å². The van der Waals surface area contributed by atoms with Gasteiger partial charge in [0.05, 0.1) is 47.0 Å². The van der Waals surface area contributed by atoms with Crippen molar-refractivity contribution in [3.8, 4) is 11.8 Å². The minimum Gasteiger partial charge on any atom is -0.334 e. The van der Waals surface area contributed by atoms with Crippen LogP contribution >= 0.6 is 0 Å². The average molecular weight is 602 g/mol. The van der Waals surface area contributed by atoms with Gasteiger partial charge in [0.1, 0.15) is 11.6 Å². The van der Waals surface area contributed by atoms with E-state index < -0.39 is 57.6 Å². The number of pyridine rings is 1. The number of carbonyl (C=O) groups is 1. The second-order valence-electron chi connectivity index (χ2n) is 9.24. The SMILES string of the molecule is CCS(=O)(=O)CCN(Cc1nc2ncccc2c(=O)n1-c1ccc(C#N)cc1)C(=O)Cc1ccc(F)c(C(F)(F)F)c1. The van der Waals surface area contributed by atoms with Crippen molar-refractivity contribution in [1.82, 2.24) is 19.4 Å². The van der Waals surface area contributed by atoms with Crippen molar-refractivity contribution < 1.29 is 30.8 Å². The molecule has 4 rings (SSSR count). The van der Waals surface area contributed by atoms with Crippen LogP contribution in [-0.4, -0.2) is 51.8 Å². The Morgan fingerprint density at radius 1 is 1.12 bits per heavy atom. The summed E-state index contributed by atoms with van der Waals surface area (Å²) in [5, 5.41) is 9.31. The standard InChI is InChI=1S/C28H23F4N5O4S/c1-2-42(40,41)13-12-36(25(38)15-19-7-10-23(29)22(14-19)28(30,31)32)17-24-35-26-21(4-3-11-34-26)27(39)37(24)20-8-5-18(16-33)6-9-20/h3-11,14H,2,12-13,15,17H2,1H3. The molecule has 2 heterocycles. The molecule has 0 spiro atoms. The summed E-state index contributed by atoms with van der Waals surface area (Å²) in [6.07, 6.45) is -4.19. The largest absolute Gasteiger partial charge is 0.419 e. The Kier molecular flexibility index (Phi) is 8.72. The highest BCUT2D eigenvalue weighted by Gasteiger charge is 2.34. The van der Waals surface area contributed by atoms with E-state index in [0.29, 0.717) is 23.4 Å². The van der Waals surface area contributed by atoms with Crippen molar-refractivity contribution in [2.45, 2.75) is 26.1 Å². The highest BCUT2D eigenvalue weighted by molar-refractivity contribution is 7.91. The Bertz CT molecular complexity index is 1850. The van der Waals surface area contributed by atoms with E-state index >= 15 is 0 Å². The topological polar surface area (TPSA) is 126 Å². The molecule has 14 heteroatoms. The molecule has 0 bridgehead atoms. The monoisotopic (exact) mass is 601 g/mol. The third kappa shape index (κ3) is 6.80. The molecule has 0 saturated heterocycles. The van der Waals surface area contributed by atoms with Crippen LogP contribution in [0.5, 0.6) is 0 Å². The second kappa shape index (κ2) is 12.1. The number of halogens is 4. The first-order valence-corrected chi connectivity index (χ1v) is 14.4. The van der Waals surface area contributed by atoms with Gasteiger partial charge in [-0.25, -0.2) is 22.8 Å². The number of carbonyl (C=O) groups excluding carboxylic acids is 1. The molecule has 0 N–H and O–H groups in total. The van der Waals surface area contributed by atoms with E-state index in [1.165, 1.54) is 54.1 Å². The van der Waals surface area contributed by atoms with Crippen molar-refractivity contribution in [2.24, 2.45) is 0 Å². The predicted octanol–water partition coefficient (Wildman–Crippen LogP) is 3.82. The van der Waals surface area contributed by atoms with Crippen LogP contribution < -0.4 is 5.56 Å². The number of fused-ring (bicyclic) bond motifs is 1. The number of aromatic nitrogens is 3. The molecule has 0 atom stereocenters. The van der Waals surface area contributed by atoms with Crippen LogP contribution in [0.25, 0.3) is 16.7 Å². The van der Waals surface area contributed by atoms with E-state index in [1.807, 2.05) is 6.07 Å². The van der Waals surface area contributed by atoms with E-state index in [2.05, 4.69) is 9.97 Å². The first-order chi connectivity index (χ1) is 19.8. The molecule has 42 heavy (non-hydrogen) atoms. The van der Waals surface area contributed by atoms with Crippen molar-refractivity contribution in [3.63, 3.8) is 0 Å². The van der Waals surface area contributed by atoms with E-state index in [-0.39, 0.29) is 34.7 Å². The van der Waals surface area contributed by atoms with Crippen molar-refractivity contribution in [3.05, 3.63) is 99.5 Å². The van der Waals surface area contributed by atoms with Gasteiger partial charge in [-0.05, 0) is 54.1 Å². The Morgan fingerprint density at radius 2 is 1.83 bits per heavy atom. The normalized spacial score (nSPS) is 11.8. The third-order valence-electron chi connectivity index (χ3n) is 6.46. The smallest absolute Gasteiger partial charge is 0.334 e. The number of benzene rings is 2. The Morgan fingerprint density at radius 3 is 2.48 bits per heavy atom. The van der Waals surface area contributed by atoms with Crippen LogP contribution in [0.15, 0.2) is 65.6 Å². The van der Waals surface area contributed by atoms with Crippen molar-refractivity contribution in [2.75, 3.05) is 18.1 Å². The summed E-state index contributed by atoms with van der Waals surface area (Å²) >= 11 is 0. The molecule has 0 aliphatic rings. The number of nitriles is 1. The molecule has 0 aliphatic carbocycles. The van der Waals surface area contributed by atoms with Gasteiger partial charge in [0.2, 0.25) is 5.91 Å². The molecular formula is C28H23F4N5O4S. The molecule has 2 aromatic carbocycles. The molecule has 218 valence electrons. The number of sulfone groups is 1. The highest BCUT2D eigenvalue weighted by atomic mass is 32.2. The summed E-state index contributed by atoms with van der Waals surface area (Å²) in [4.78, 5) is 36.6. The molecule has 2 aromatic heterocycles. The van der Waals surface area contributed by atoms with Gasteiger partial charge in [-0.15, -0.1) is 0 Å². The predicted molar refractivity (Wildman–Crippen MR) is 145 cm³/mol.